The molecule has 1 aromatic carbocycles. The summed E-state index contributed by atoms with van der Waals surface area (Å²) in [6, 6.07) is 11.5. The van der Waals surface area contributed by atoms with Gasteiger partial charge >= 0.3 is 0 Å². The van der Waals surface area contributed by atoms with E-state index in [1.807, 2.05) is 49.6 Å². The quantitative estimate of drug-likeness (QED) is 0.686. The van der Waals surface area contributed by atoms with E-state index in [-0.39, 0.29) is 11.8 Å². The molecule has 1 aliphatic heterocycles. The molecule has 1 aliphatic rings. The Morgan fingerprint density at radius 3 is 2.73 bits per heavy atom. The van der Waals surface area contributed by atoms with Crippen molar-refractivity contribution in [1.82, 2.24) is 25.0 Å². The lowest BCUT2D eigenvalue weighted by molar-refractivity contribution is -0.136. The number of carbonyl (C=O) groups is 2. The molecule has 7 heteroatoms. The van der Waals surface area contributed by atoms with Crippen LogP contribution in [0.2, 0.25) is 0 Å². The van der Waals surface area contributed by atoms with E-state index in [1.165, 1.54) is 0 Å². The van der Waals surface area contributed by atoms with Crippen molar-refractivity contribution in [3.63, 3.8) is 0 Å². The second-order valence-electron chi connectivity index (χ2n) is 7.59. The van der Waals surface area contributed by atoms with Crippen molar-refractivity contribution in [3.8, 4) is 22.4 Å². The first-order valence-corrected chi connectivity index (χ1v) is 10.1. The van der Waals surface area contributed by atoms with Gasteiger partial charge in [-0.05, 0) is 42.7 Å². The maximum absolute atomic E-state index is 12.5. The monoisotopic (exact) mass is 403 g/mol. The number of aromatic nitrogens is 3. The molecule has 2 amide bonds. The van der Waals surface area contributed by atoms with Gasteiger partial charge in [-0.3, -0.25) is 19.3 Å². The Morgan fingerprint density at radius 1 is 1.20 bits per heavy atom. The Balaban J connectivity index is 1.50. The number of pyridine rings is 1. The highest BCUT2D eigenvalue weighted by atomic mass is 16.2. The lowest BCUT2D eigenvalue weighted by atomic mass is 10.0. The lowest BCUT2D eigenvalue weighted by Crippen LogP contribution is -2.45. The second kappa shape index (κ2) is 8.49. The predicted molar refractivity (Wildman–Crippen MR) is 114 cm³/mol. The highest BCUT2D eigenvalue weighted by molar-refractivity contribution is 5.88. The van der Waals surface area contributed by atoms with E-state index in [2.05, 4.69) is 15.4 Å². The molecule has 1 N–H and O–H groups in total. The van der Waals surface area contributed by atoms with Crippen molar-refractivity contribution >= 4 is 11.8 Å². The Labute approximate surface area is 175 Å². The number of amides is 2. The Kier molecular flexibility index (Phi) is 5.61. The number of likely N-dealkylation sites (tertiary alicyclic amines) is 1. The van der Waals surface area contributed by atoms with Crippen molar-refractivity contribution in [1.29, 1.82) is 0 Å². The topological polar surface area (TPSA) is 80.1 Å². The molecule has 0 spiro atoms. The van der Waals surface area contributed by atoms with E-state index in [0.29, 0.717) is 19.5 Å². The molecule has 0 radical (unpaired) electrons. The van der Waals surface area contributed by atoms with Crippen LogP contribution in [0.5, 0.6) is 0 Å². The maximum atomic E-state index is 12.5. The van der Waals surface area contributed by atoms with E-state index >= 15 is 0 Å². The molecular weight excluding hydrogens is 378 g/mol. The highest BCUT2D eigenvalue weighted by Crippen LogP contribution is 2.30. The summed E-state index contributed by atoms with van der Waals surface area (Å²) in [4.78, 5) is 30.1. The van der Waals surface area contributed by atoms with Crippen LogP contribution in [0.3, 0.4) is 0 Å². The Hall–Kier alpha value is -3.48. The number of nitrogens with zero attached hydrogens (tertiary/aromatic N) is 4. The van der Waals surface area contributed by atoms with Crippen LogP contribution in [0, 0.1) is 0 Å². The third kappa shape index (κ3) is 4.10. The van der Waals surface area contributed by atoms with Gasteiger partial charge in [0.15, 0.2) is 0 Å². The molecule has 1 fully saturated rings. The zero-order valence-electron chi connectivity index (χ0n) is 17.2. The predicted octanol–water partition coefficient (Wildman–Crippen LogP) is 2.78. The van der Waals surface area contributed by atoms with Crippen LogP contribution in [0.15, 0.2) is 55.0 Å². The number of hydrogen-bond donors (Lipinski definition) is 1. The summed E-state index contributed by atoms with van der Waals surface area (Å²) in [6.07, 6.45) is 6.88. The van der Waals surface area contributed by atoms with Crippen molar-refractivity contribution in [2.45, 2.75) is 32.4 Å². The number of rotatable bonds is 6. The van der Waals surface area contributed by atoms with Gasteiger partial charge in [-0.2, -0.15) is 5.10 Å². The second-order valence-corrected chi connectivity index (χ2v) is 7.59. The molecule has 4 rings (SSSR count). The van der Waals surface area contributed by atoms with Gasteiger partial charge in [0, 0.05) is 56.3 Å². The largest absolute Gasteiger partial charge is 0.350 e. The minimum atomic E-state index is -0.447. The number of aryl methyl sites for hydroxylation is 1. The summed E-state index contributed by atoms with van der Waals surface area (Å²) < 4.78 is 1.80. The Bertz CT molecular complexity index is 1060. The van der Waals surface area contributed by atoms with Gasteiger partial charge in [-0.15, -0.1) is 0 Å². The molecule has 3 aromatic rings. The number of hydrogen-bond acceptors (Lipinski definition) is 4. The van der Waals surface area contributed by atoms with Crippen LogP contribution >= 0.6 is 0 Å². The average molecular weight is 403 g/mol. The number of benzene rings is 1. The molecule has 154 valence electrons. The highest BCUT2D eigenvalue weighted by Gasteiger charge is 2.29. The zero-order valence-corrected chi connectivity index (χ0v) is 17.2. The van der Waals surface area contributed by atoms with Crippen molar-refractivity contribution in [2.75, 3.05) is 6.54 Å². The zero-order chi connectivity index (χ0) is 21.1. The van der Waals surface area contributed by atoms with Crippen molar-refractivity contribution in [2.24, 2.45) is 7.05 Å². The van der Waals surface area contributed by atoms with Crippen LogP contribution in [0.4, 0.5) is 0 Å². The molecule has 0 aliphatic carbocycles. The molecule has 3 heterocycles. The summed E-state index contributed by atoms with van der Waals surface area (Å²) >= 11 is 0. The Morgan fingerprint density at radius 2 is 2.00 bits per heavy atom. The fourth-order valence-corrected chi connectivity index (χ4v) is 3.83. The fraction of sp³-hybridized carbons (Fsp3) is 0.304. The minimum Gasteiger partial charge on any atom is -0.350 e. The standard InChI is InChI=1S/C23H25N5O2/c1-16(28-12-4-7-21(28)29)23(30)25-14-17-5-3-6-19(13-17)22-20(15-27(2)26-22)18-8-10-24-11-9-18/h3,5-6,8-11,13,15-16H,4,7,12,14H2,1-2H3,(H,25,30)/t16-/m1/s1. The third-order valence-electron chi connectivity index (χ3n) is 5.44. The van der Waals surface area contributed by atoms with E-state index in [1.54, 1.807) is 28.9 Å². The van der Waals surface area contributed by atoms with Crippen LogP contribution in [0.1, 0.15) is 25.3 Å². The van der Waals surface area contributed by atoms with Crippen molar-refractivity contribution in [3.05, 3.63) is 60.6 Å². The minimum absolute atomic E-state index is 0.0541. The summed E-state index contributed by atoms with van der Waals surface area (Å²) in [7, 11) is 1.90. The lowest BCUT2D eigenvalue weighted by Gasteiger charge is -2.23. The molecule has 0 unspecified atom stereocenters. The fourth-order valence-electron chi connectivity index (χ4n) is 3.83. The van der Waals surface area contributed by atoms with Crippen LogP contribution in [-0.4, -0.2) is 44.1 Å². The molecule has 0 saturated carbocycles. The average Bonchev–Trinajstić information content (AvgIpc) is 3.37. The van der Waals surface area contributed by atoms with Crippen molar-refractivity contribution < 1.29 is 9.59 Å². The molecule has 1 atom stereocenters. The van der Waals surface area contributed by atoms with Gasteiger partial charge in [0.1, 0.15) is 11.7 Å². The molecule has 30 heavy (non-hydrogen) atoms. The first kappa shape index (κ1) is 19.8. The summed E-state index contributed by atoms with van der Waals surface area (Å²) in [5.41, 5.74) is 4.93. The molecule has 0 bridgehead atoms. The smallest absolute Gasteiger partial charge is 0.242 e. The van der Waals surface area contributed by atoms with Crippen LogP contribution in [-0.2, 0) is 23.2 Å². The SMILES string of the molecule is C[C@H](C(=O)NCc1cccc(-c2nn(C)cc2-c2ccncc2)c1)N1CCCC1=O. The first-order chi connectivity index (χ1) is 14.5. The van der Waals surface area contributed by atoms with E-state index < -0.39 is 6.04 Å². The molecular formula is C23H25N5O2. The normalized spacial score (nSPS) is 14.7. The van der Waals surface area contributed by atoms with Crippen LogP contribution < -0.4 is 5.32 Å². The molecule has 1 saturated heterocycles. The number of carbonyl (C=O) groups excluding carboxylic acids is 2. The molecule has 2 aromatic heterocycles. The van der Waals surface area contributed by atoms with Gasteiger partial charge in [0.2, 0.25) is 11.8 Å². The number of nitrogens with one attached hydrogen (secondary N) is 1. The molecule has 7 nitrogen and oxygen atoms in total. The first-order valence-electron chi connectivity index (χ1n) is 10.1. The van der Waals surface area contributed by atoms with Gasteiger partial charge < -0.3 is 10.2 Å². The van der Waals surface area contributed by atoms with Gasteiger partial charge in [-0.1, -0.05) is 18.2 Å². The van der Waals surface area contributed by atoms with Gasteiger partial charge in [-0.25, -0.2) is 0 Å². The maximum Gasteiger partial charge on any atom is 0.242 e. The van der Waals surface area contributed by atoms with E-state index in [9.17, 15) is 9.59 Å². The third-order valence-corrected chi connectivity index (χ3v) is 5.44. The summed E-state index contributed by atoms with van der Waals surface area (Å²) in [6.45, 7) is 2.83. The summed E-state index contributed by atoms with van der Waals surface area (Å²) in [5.74, 6) is -0.0793. The van der Waals surface area contributed by atoms with Gasteiger partial charge in [0.05, 0.1) is 0 Å². The van der Waals surface area contributed by atoms with Crippen LogP contribution in [0.25, 0.3) is 22.4 Å². The summed E-state index contributed by atoms with van der Waals surface area (Å²) in [5, 5.41) is 7.61. The van der Waals surface area contributed by atoms with Gasteiger partial charge in [0.25, 0.3) is 0 Å². The van der Waals surface area contributed by atoms with E-state index in [4.69, 9.17) is 0 Å². The van der Waals surface area contributed by atoms with E-state index in [0.717, 1.165) is 34.4 Å².